The van der Waals surface area contributed by atoms with E-state index in [1.807, 2.05) is 54.6 Å². The van der Waals surface area contributed by atoms with Crippen molar-refractivity contribution in [2.75, 3.05) is 7.11 Å². The van der Waals surface area contributed by atoms with Gasteiger partial charge in [0.05, 0.1) is 17.7 Å². The molecule has 3 aromatic heterocycles. The number of fused-ring (bicyclic) bond motifs is 1. The molecule has 0 radical (unpaired) electrons. The number of amides is 1. The van der Waals surface area contributed by atoms with Crippen LogP contribution in [0.3, 0.4) is 0 Å². The number of carbonyl (C=O) groups excluding carboxylic acids is 1. The van der Waals surface area contributed by atoms with Gasteiger partial charge in [-0.2, -0.15) is 0 Å². The standard InChI is InChI=1S/C21H17N3O2S/c1-26-17-4-2-3-14(11-17)13-23-20(25)19-12-16-5-6-18(24-21(16)27-19)15-7-9-22-10-8-15/h2-12H,13H2,1H3,(H,23,25). The van der Waals surface area contributed by atoms with Gasteiger partial charge in [0, 0.05) is 29.9 Å². The first-order valence-electron chi connectivity index (χ1n) is 8.45. The molecule has 134 valence electrons. The number of hydrogen-bond donors (Lipinski definition) is 1. The molecule has 0 aliphatic rings. The molecule has 0 bridgehead atoms. The summed E-state index contributed by atoms with van der Waals surface area (Å²) >= 11 is 1.39. The molecule has 1 amide bonds. The van der Waals surface area contributed by atoms with Gasteiger partial charge < -0.3 is 10.1 Å². The molecule has 3 heterocycles. The Morgan fingerprint density at radius 1 is 1.11 bits per heavy atom. The SMILES string of the molecule is COc1cccc(CNC(=O)c2cc3ccc(-c4ccncc4)nc3s2)c1. The summed E-state index contributed by atoms with van der Waals surface area (Å²) in [4.78, 5) is 22.7. The fourth-order valence-corrected chi connectivity index (χ4v) is 3.71. The zero-order valence-electron chi connectivity index (χ0n) is 14.7. The third kappa shape index (κ3) is 3.80. The fourth-order valence-electron chi connectivity index (χ4n) is 2.76. The van der Waals surface area contributed by atoms with E-state index in [-0.39, 0.29) is 5.91 Å². The van der Waals surface area contributed by atoms with Crippen LogP contribution in [0.25, 0.3) is 21.5 Å². The van der Waals surface area contributed by atoms with Crippen molar-refractivity contribution in [3.63, 3.8) is 0 Å². The predicted molar refractivity (Wildman–Crippen MR) is 107 cm³/mol. The molecular formula is C21H17N3O2S. The van der Waals surface area contributed by atoms with Crippen LogP contribution in [0.5, 0.6) is 5.75 Å². The Morgan fingerprint density at radius 2 is 1.96 bits per heavy atom. The average molecular weight is 375 g/mol. The molecule has 6 heteroatoms. The van der Waals surface area contributed by atoms with Gasteiger partial charge >= 0.3 is 0 Å². The van der Waals surface area contributed by atoms with Gasteiger partial charge in [0.2, 0.25) is 0 Å². The summed E-state index contributed by atoms with van der Waals surface area (Å²) in [5.74, 6) is 0.669. The monoisotopic (exact) mass is 375 g/mol. The van der Waals surface area contributed by atoms with Crippen LogP contribution in [0.4, 0.5) is 0 Å². The maximum absolute atomic E-state index is 12.5. The highest BCUT2D eigenvalue weighted by Gasteiger charge is 2.12. The van der Waals surface area contributed by atoms with Crippen molar-refractivity contribution in [3.05, 3.63) is 77.4 Å². The van der Waals surface area contributed by atoms with E-state index in [0.29, 0.717) is 11.4 Å². The molecule has 0 aliphatic heterocycles. The minimum Gasteiger partial charge on any atom is -0.497 e. The van der Waals surface area contributed by atoms with Crippen molar-refractivity contribution in [1.29, 1.82) is 0 Å². The number of rotatable bonds is 5. The Labute approximate surface area is 160 Å². The highest BCUT2D eigenvalue weighted by atomic mass is 32.1. The smallest absolute Gasteiger partial charge is 0.261 e. The first kappa shape index (κ1) is 17.2. The molecule has 0 atom stereocenters. The van der Waals surface area contributed by atoms with Crippen LogP contribution in [0.2, 0.25) is 0 Å². The largest absolute Gasteiger partial charge is 0.497 e. The number of aromatic nitrogens is 2. The van der Waals surface area contributed by atoms with E-state index < -0.39 is 0 Å². The van der Waals surface area contributed by atoms with Gasteiger partial charge in [-0.3, -0.25) is 9.78 Å². The first-order valence-corrected chi connectivity index (χ1v) is 9.27. The number of thiophene rings is 1. The van der Waals surface area contributed by atoms with Gasteiger partial charge in [0.15, 0.2) is 0 Å². The Hall–Kier alpha value is -3.25. The van der Waals surface area contributed by atoms with Gasteiger partial charge in [0.25, 0.3) is 5.91 Å². The molecule has 4 rings (SSSR count). The first-order chi connectivity index (χ1) is 13.2. The zero-order valence-corrected chi connectivity index (χ0v) is 15.5. The van der Waals surface area contributed by atoms with Gasteiger partial charge in [-0.05, 0) is 48.0 Å². The molecule has 27 heavy (non-hydrogen) atoms. The second-order valence-electron chi connectivity index (χ2n) is 5.97. The van der Waals surface area contributed by atoms with Gasteiger partial charge in [-0.15, -0.1) is 11.3 Å². The number of ether oxygens (including phenoxy) is 1. The Balaban J connectivity index is 1.52. The molecule has 1 aromatic carbocycles. The van der Waals surface area contributed by atoms with Gasteiger partial charge in [0.1, 0.15) is 10.6 Å². The molecule has 4 aromatic rings. The van der Waals surface area contributed by atoms with Crippen molar-refractivity contribution in [1.82, 2.24) is 15.3 Å². The lowest BCUT2D eigenvalue weighted by molar-refractivity contribution is 0.0955. The van der Waals surface area contributed by atoms with E-state index in [0.717, 1.165) is 32.8 Å². The lowest BCUT2D eigenvalue weighted by Crippen LogP contribution is -2.21. The maximum atomic E-state index is 12.5. The van der Waals surface area contributed by atoms with E-state index in [2.05, 4.69) is 15.3 Å². The van der Waals surface area contributed by atoms with E-state index in [1.165, 1.54) is 11.3 Å². The maximum Gasteiger partial charge on any atom is 0.261 e. The van der Waals surface area contributed by atoms with E-state index >= 15 is 0 Å². The molecule has 1 N–H and O–H groups in total. The van der Waals surface area contributed by atoms with Crippen molar-refractivity contribution in [3.8, 4) is 17.0 Å². The Bertz CT molecular complexity index is 1090. The van der Waals surface area contributed by atoms with Crippen LogP contribution in [0.15, 0.2) is 67.0 Å². The minimum atomic E-state index is -0.105. The van der Waals surface area contributed by atoms with E-state index in [4.69, 9.17) is 4.74 Å². The number of methoxy groups -OCH3 is 1. The molecular weight excluding hydrogens is 358 g/mol. The van der Waals surface area contributed by atoms with Crippen LogP contribution >= 0.6 is 11.3 Å². The van der Waals surface area contributed by atoms with E-state index in [1.54, 1.807) is 19.5 Å². The molecule has 0 unspecified atom stereocenters. The number of carbonyl (C=O) groups is 1. The number of hydrogen-bond acceptors (Lipinski definition) is 5. The molecule has 0 saturated carbocycles. The van der Waals surface area contributed by atoms with Crippen molar-refractivity contribution < 1.29 is 9.53 Å². The van der Waals surface area contributed by atoms with E-state index in [9.17, 15) is 4.79 Å². The Kier molecular flexibility index (Phi) is 4.80. The van der Waals surface area contributed by atoms with Gasteiger partial charge in [-0.1, -0.05) is 12.1 Å². The number of nitrogens with zero attached hydrogens (tertiary/aromatic N) is 2. The zero-order chi connectivity index (χ0) is 18.6. The number of benzene rings is 1. The van der Waals surface area contributed by atoms with Crippen LogP contribution in [-0.4, -0.2) is 23.0 Å². The Morgan fingerprint density at radius 3 is 2.78 bits per heavy atom. The van der Waals surface area contributed by atoms with Crippen LogP contribution in [0.1, 0.15) is 15.2 Å². The van der Waals surface area contributed by atoms with Crippen LogP contribution < -0.4 is 10.1 Å². The van der Waals surface area contributed by atoms with Crippen LogP contribution in [0, 0.1) is 0 Å². The highest BCUT2D eigenvalue weighted by Crippen LogP contribution is 2.27. The van der Waals surface area contributed by atoms with Crippen molar-refractivity contribution in [2.24, 2.45) is 0 Å². The summed E-state index contributed by atoms with van der Waals surface area (Å²) in [6.07, 6.45) is 3.49. The summed E-state index contributed by atoms with van der Waals surface area (Å²) < 4.78 is 5.21. The highest BCUT2D eigenvalue weighted by molar-refractivity contribution is 7.20. The topological polar surface area (TPSA) is 64.1 Å². The van der Waals surface area contributed by atoms with Crippen LogP contribution in [-0.2, 0) is 6.54 Å². The molecule has 0 saturated heterocycles. The summed E-state index contributed by atoms with van der Waals surface area (Å²) in [5.41, 5.74) is 2.86. The normalized spacial score (nSPS) is 10.7. The molecule has 0 aliphatic carbocycles. The van der Waals surface area contributed by atoms with Crippen molar-refractivity contribution in [2.45, 2.75) is 6.54 Å². The summed E-state index contributed by atoms with van der Waals surface area (Å²) in [6.45, 7) is 0.444. The molecule has 0 spiro atoms. The predicted octanol–water partition coefficient (Wildman–Crippen LogP) is 4.30. The average Bonchev–Trinajstić information content (AvgIpc) is 3.16. The second-order valence-corrected chi connectivity index (χ2v) is 7.00. The summed E-state index contributed by atoms with van der Waals surface area (Å²) in [6, 6.07) is 17.3. The second kappa shape index (κ2) is 7.55. The summed E-state index contributed by atoms with van der Waals surface area (Å²) in [7, 11) is 1.63. The third-order valence-electron chi connectivity index (χ3n) is 4.17. The number of pyridine rings is 2. The lowest BCUT2D eigenvalue weighted by Gasteiger charge is -2.05. The fraction of sp³-hybridized carbons (Fsp3) is 0.0952. The summed E-state index contributed by atoms with van der Waals surface area (Å²) in [5, 5.41) is 3.92. The lowest BCUT2D eigenvalue weighted by atomic mass is 10.1. The third-order valence-corrected chi connectivity index (χ3v) is 5.21. The molecule has 0 fully saturated rings. The quantitative estimate of drug-likeness (QED) is 0.565. The number of nitrogens with one attached hydrogen (secondary N) is 1. The molecule has 5 nitrogen and oxygen atoms in total. The van der Waals surface area contributed by atoms with Crippen molar-refractivity contribution >= 4 is 27.5 Å². The minimum absolute atomic E-state index is 0.105. The van der Waals surface area contributed by atoms with Gasteiger partial charge in [-0.25, -0.2) is 4.98 Å².